The van der Waals surface area contributed by atoms with Gasteiger partial charge in [0, 0.05) is 25.5 Å². The van der Waals surface area contributed by atoms with Crippen molar-refractivity contribution in [1.29, 1.82) is 0 Å². The normalized spacial score (nSPS) is 13.7. The van der Waals surface area contributed by atoms with Gasteiger partial charge in [-0.1, -0.05) is 91.8 Å². The van der Waals surface area contributed by atoms with Gasteiger partial charge in [0.05, 0.1) is 19.2 Å². The zero-order valence-corrected chi connectivity index (χ0v) is 23.6. The van der Waals surface area contributed by atoms with Gasteiger partial charge in [0.1, 0.15) is 0 Å². The summed E-state index contributed by atoms with van der Waals surface area (Å²) < 4.78 is 5.18. The van der Waals surface area contributed by atoms with Gasteiger partial charge in [-0.05, 0) is 36.3 Å². The lowest BCUT2D eigenvalue weighted by molar-refractivity contribution is -0.135. The maximum atomic E-state index is 13.0. The Morgan fingerprint density at radius 2 is 1.62 bits per heavy atom. The van der Waals surface area contributed by atoms with Crippen LogP contribution < -0.4 is 5.32 Å². The summed E-state index contributed by atoms with van der Waals surface area (Å²) in [6, 6.07) is 10.0. The lowest BCUT2D eigenvalue weighted by atomic mass is 9.71. The standard InChI is InChI=1S/C25H40N2O3.C4H10/c1-9-21(25(5,6)20-13-11-10-12-14-20)24(29)26-16-23(28)27(7)22(18(2)3)15-19(4)17-30-8;1-4(2)3/h10-15,18,21-22H,9,16-17H2,1-8H3,(H,26,29);4H,1-3H3/b19-15+;/t21-,22-;/m1./s1. The molecule has 5 heteroatoms. The third-order valence-corrected chi connectivity index (χ3v) is 5.88. The van der Waals surface area contributed by atoms with Crippen LogP contribution >= 0.6 is 0 Å². The van der Waals surface area contributed by atoms with Gasteiger partial charge < -0.3 is 15.0 Å². The topological polar surface area (TPSA) is 58.6 Å². The summed E-state index contributed by atoms with van der Waals surface area (Å²) in [4.78, 5) is 27.5. The predicted octanol–water partition coefficient (Wildman–Crippen LogP) is 5.84. The molecule has 1 aromatic carbocycles. The Bertz CT molecular complexity index is 751. The number of ether oxygens (including phenoxy) is 1. The van der Waals surface area contributed by atoms with Crippen molar-refractivity contribution in [3.05, 3.63) is 47.5 Å². The maximum absolute atomic E-state index is 13.0. The molecule has 0 spiro atoms. The molecule has 0 heterocycles. The Morgan fingerprint density at radius 1 is 1.09 bits per heavy atom. The van der Waals surface area contributed by atoms with Crippen LogP contribution in [-0.2, 0) is 19.7 Å². The average molecular weight is 475 g/mol. The van der Waals surface area contributed by atoms with E-state index in [1.54, 1.807) is 19.1 Å². The molecule has 0 saturated carbocycles. The Hall–Kier alpha value is -2.14. The number of nitrogens with one attached hydrogen (secondary N) is 1. The number of hydrogen-bond acceptors (Lipinski definition) is 3. The molecule has 1 rings (SSSR count). The van der Waals surface area contributed by atoms with E-state index >= 15 is 0 Å². The number of benzene rings is 1. The minimum atomic E-state index is -0.324. The SMILES string of the molecule is CC(C)C.CC[C@H](C(=O)NCC(=O)N(C)[C@H](/C=C(\C)COC)C(C)C)C(C)(C)c1ccccc1. The number of methoxy groups -OCH3 is 1. The summed E-state index contributed by atoms with van der Waals surface area (Å²) in [6.45, 7) is 19.4. The number of hydrogen-bond donors (Lipinski definition) is 1. The van der Waals surface area contributed by atoms with Gasteiger partial charge in [-0.3, -0.25) is 9.59 Å². The van der Waals surface area contributed by atoms with Crippen molar-refractivity contribution in [3.8, 4) is 0 Å². The molecule has 5 nitrogen and oxygen atoms in total. The van der Waals surface area contributed by atoms with E-state index in [0.717, 1.165) is 17.1 Å². The summed E-state index contributed by atoms with van der Waals surface area (Å²) in [5.41, 5.74) is 1.87. The molecular formula is C29H50N2O3. The first-order valence-electron chi connectivity index (χ1n) is 12.5. The first-order valence-corrected chi connectivity index (χ1v) is 12.5. The fourth-order valence-corrected chi connectivity index (χ4v) is 3.99. The maximum Gasteiger partial charge on any atom is 0.242 e. The lowest BCUT2D eigenvalue weighted by Crippen LogP contribution is -2.47. The molecule has 0 saturated heterocycles. The van der Waals surface area contributed by atoms with Crippen molar-refractivity contribution in [2.45, 2.75) is 80.2 Å². The first kappa shape index (κ1) is 31.9. The molecule has 34 heavy (non-hydrogen) atoms. The van der Waals surface area contributed by atoms with E-state index in [0.29, 0.717) is 13.0 Å². The fraction of sp³-hybridized carbons (Fsp3) is 0.655. The minimum Gasteiger partial charge on any atom is -0.380 e. The van der Waals surface area contributed by atoms with Crippen molar-refractivity contribution in [3.63, 3.8) is 0 Å². The number of nitrogens with zero attached hydrogens (tertiary/aromatic N) is 1. The quantitative estimate of drug-likeness (QED) is 0.410. The van der Waals surface area contributed by atoms with E-state index in [2.05, 4.69) is 72.0 Å². The monoisotopic (exact) mass is 474 g/mol. The fourth-order valence-electron chi connectivity index (χ4n) is 3.99. The predicted molar refractivity (Wildman–Crippen MR) is 144 cm³/mol. The number of likely N-dealkylation sites (N-methyl/N-ethyl adjacent to an activating group) is 1. The summed E-state index contributed by atoms with van der Waals surface area (Å²) in [7, 11) is 3.45. The molecule has 0 fully saturated rings. The highest BCUT2D eigenvalue weighted by atomic mass is 16.5. The molecule has 2 amide bonds. The van der Waals surface area contributed by atoms with Crippen LogP contribution in [0, 0.1) is 17.8 Å². The number of carbonyl (C=O) groups is 2. The molecule has 0 aliphatic rings. The van der Waals surface area contributed by atoms with Crippen molar-refractivity contribution in [2.24, 2.45) is 17.8 Å². The molecular weight excluding hydrogens is 424 g/mol. The van der Waals surface area contributed by atoms with Gasteiger partial charge in [-0.2, -0.15) is 0 Å². The van der Waals surface area contributed by atoms with Crippen LogP contribution in [0.15, 0.2) is 42.0 Å². The van der Waals surface area contributed by atoms with Gasteiger partial charge in [0.2, 0.25) is 11.8 Å². The number of rotatable bonds is 11. The van der Waals surface area contributed by atoms with Crippen LogP contribution in [0.2, 0.25) is 0 Å². The van der Waals surface area contributed by atoms with Crippen molar-refractivity contribution in [2.75, 3.05) is 27.3 Å². The molecule has 1 aromatic rings. The van der Waals surface area contributed by atoms with Gasteiger partial charge in [0.25, 0.3) is 0 Å². The average Bonchev–Trinajstić information content (AvgIpc) is 2.75. The summed E-state index contributed by atoms with van der Waals surface area (Å²) in [5.74, 6) is 0.681. The second-order valence-corrected chi connectivity index (χ2v) is 10.7. The van der Waals surface area contributed by atoms with Crippen LogP contribution in [0.1, 0.15) is 74.3 Å². The molecule has 0 unspecified atom stereocenters. The number of amides is 2. The van der Waals surface area contributed by atoms with Crippen LogP contribution in [-0.4, -0.2) is 50.1 Å². The Morgan fingerprint density at radius 3 is 2.06 bits per heavy atom. The molecule has 0 aliphatic heterocycles. The zero-order chi connectivity index (χ0) is 26.5. The summed E-state index contributed by atoms with van der Waals surface area (Å²) >= 11 is 0. The third kappa shape index (κ3) is 10.9. The van der Waals surface area contributed by atoms with Gasteiger partial charge in [-0.15, -0.1) is 0 Å². The van der Waals surface area contributed by atoms with E-state index in [1.165, 1.54) is 0 Å². The molecule has 0 aliphatic carbocycles. The van der Waals surface area contributed by atoms with Crippen LogP contribution in [0.4, 0.5) is 0 Å². The molecule has 194 valence electrons. The highest BCUT2D eigenvalue weighted by molar-refractivity contribution is 5.86. The lowest BCUT2D eigenvalue weighted by Gasteiger charge is -2.34. The highest BCUT2D eigenvalue weighted by Crippen LogP contribution is 2.33. The molecule has 0 radical (unpaired) electrons. The molecule has 1 N–H and O–H groups in total. The minimum absolute atomic E-state index is 0.00289. The van der Waals surface area contributed by atoms with E-state index in [1.807, 2.05) is 32.0 Å². The Kier molecular flexibility index (Phi) is 14.7. The van der Waals surface area contributed by atoms with Crippen LogP contribution in [0.25, 0.3) is 0 Å². The van der Waals surface area contributed by atoms with E-state index in [-0.39, 0.29) is 41.7 Å². The third-order valence-electron chi connectivity index (χ3n) is 5.88. The first-order chi connectivity index (χ1) is 15.8. The number of carbonyl (C=O) groups excluding carboxylic acids is 2. The second-order valence-electron chi connectivity index (χ2n) is 10.7. The largest absolute Gasteiger partial charge is 0.380 e. The van der Waals surface area contributed by atoms with Gasteiger partial charge in [-0.25, -0.2) is 0 Å². The van der Waals surface area contributed by atoms with Crippen molar-refractivity contribution >= 4 is 11.8 Å². The Labute approximate surface area is 209 Å². The van der Waals surface area contributed by atoms with E-state index < -0.39 is 0 Å². The highest BCUT2D eigenvalue weighted by Gasteiger charge is 2.35. The van der Waals surface area contributed by atoms with Crippen molar-refractivity contribution < 1.29 is 14.3 Å². The smallest absolute Gasteiger partial charge is 0.242 e. The van der Waals surface area contributed by atoms with E-state index in [4.69, 9.17) is 4.74 Å². The summed E-state index contributed by atoms with van der Waals surface area (Å²) in [5, 5.41) is 2.89. The zero-order valence-electron chi connectivity index (χ0n) is 23.6. The van der Waals surface area contributed by atoms with Gasteiger partial charge in [0.15, 0.2) is 0 Å². The van der Waals surface area contributed by atoms with Gasteiger partial charge >= 0.3 is 0 Å². The molecule has 2 atom stereocenters. The Balaban J connectivity index is 0.00000251. The van der Waals surface area contributed by atoms with E-state index in [9.17, 15) is 9.59 Å². The summed E-state index contributed by atoms with van der Waals surface area (Å²) in [6.07, 6.45) is 2.77. The van der Waals surface area contributed by atoms with Crippen molar-refractivity contribution in [1.82, 2.24) is 10.2 Å². The molecule has 0 aromatic heterocycles. The second kappa shape index (κ2) is 15.7. The van der Waals surface area contributed by atoms with Crippen LogP contribution in [0.3, 0.4) is 0 Å². The molecule has 0 bridgehead atoms. The van der Waals surface area contributed by atoms with Crippen LogP contribution in [0.5, 0.6) is 0 Å².